The smallest absolute Gasteiger partial charge is 0.205 e. The van der Waals surface area contributed by atoms with Crippen molar-refractivity contribution in [2.24, 2.45) is 0 Å². The fourth-order valence-corrected chi connectivity index (χ4v) is 7.05. The normalized spacial score (nSPS) is 17.9. The summed E-state index contributed by atoms with van der Waals surface area (Å²) in [5, 5.41) is 10.9. The van der Waals surface area contributed by atoms with Crippen LogP contribution in [0.4, 0.5) is 0 Å². The van der Waals surface area contributed by atoms with Crippen molar-refractivity contribution in [3.63, 3.8) is 0 Å². The second-order valence-electron chi connectivity index (χ2n) is 9.49. The van der Waals surface area contributed by atoms with Gasteiger partial charge in [-0.25, -0.2) is 0 Å². The van der Waals surface area contributed by atoms with E-state index in [2.05, 4.69) is 25.1 Å². The molecule has 0 radical (unpaired) electrons. The fraction of sp³-hybridized carbons (Fsp3) is 0.667. The molecule has 0 amide bonds. The molecule has 0 bridgehead atoms. The number of rotatable bonds is 8. The minimum absolute atomic E-state index is 0.219. The first-order valence-electron chi connectivity index (χ1n) is 10.8. The third-order valence-electron chi connectivity index (χ3n) is 5.10. The highest BCUT2D eigenvalue weighted by molar-refractivity contribution is 6.73. The van der Waals surface area contributed by atoms with Crippen LogP contribution in [0.3, 0.4) is 0 Å². The van der Waals surface area contributed by atoms with Crippen LogP contribution in [-0.2, 0) is 20.5 Å². The van der Waals surface area contributed by atoms with Gasteiger partial charge in [-0.05, 0) is 65.1 Å². The van der Waals surface area contributed by atoms with Crippen molar-refractivity contribution in [3.8, 4) is 12.0 Å². The van der Waals surface area contributed by atoms with Crippen molar-refractivity contribution in [3.05, 3.63) is 35.9 Å². The molecule has 2 rings (SSSR count). The number of hydrogen-bond acceptors (Lipinski definition) is 4. The molecule has 1 saturated carbocycles. The zero-order chi connectivity index (χ0) is 21.3. The molecule has 1 aromatic carbocycles. The van der Waals surface area contributed by atoms with Crippen LogP contribution in [0, 0.1) is 12.0 Å². The fourth-order valence-electron chi connectivity index (χ4n) is 3.92. The third kappa shape index (κ3) is 8.92. The molecule has 1 aliphatic rings. The zero-order valence-corrected chi connectivity index (χ0v) is 19.7. The molecule has 0 heterocycles. The summed E-state index contributed by atoms with van der Waals surface area (Å²) in [6.45, 7) is 11.0. The largest absolute Gasteiger partial charge is 0.443 e. The van der Waals surface area contributed by atoms with Gasteiger partial charge >= 0.3 is 0 Å². The van der Waals surface area contributed by atoms with E-state index >= 15 is 0 Å². The van der Waals surface area contributed by atoms with Crippen molar-refractivity contribution >= 4 is 8.32 Å². The summed E-state index contributed by atoms with van der Waals surface area (Å²) >= 11 is 0. The molecule has 0 saturated heterocycles. The lowest BCUT2D eigenvalue weighted by molar-refractivity contribution is 0.0240. The van der Waals surface area contributed by atoms with E-state index in [0.29, 0.717) is 6.61 Å². The minimum atomic E-state index is -2.33. The molecular weight excluding hydrogens is 380 g/mol. The van der Waals surface area contributed by atoms with Gasteiger partial charge in [0, 0.05) is 5.60 Å². The average molecular weight is 419 g/mol. The summed E-state index contributed by atoms with van der Waals surface area (Å²) in [4.78, 5) is 0. The van der Waals surface area contributed by atoms with Gasteiger partial charge in [0.2, 0.25) is 8.32 Å². The second kappa shape index (κ2) is 11.2. The molecule has 29 heavy (non-hydrogen) atoms. The van der Waals surface area contributed by atoms with Crippen LogP contribution in [0.25, 0.3) is 0 Å². The zero-order valence-electron chi connectivity index (χ0n) is 18.7. The Morgan fingerprint density at radius 2 is 1.76 bits per heavy atom. The van der Waals surface area contributed by atoms with Crippen LogP contribution >= 0.6 is 0 Å². The Morgan fingerprint density at radius 3 is 2.38 bits per heavy atom. The molecule has 5 heteroatoms. The van der Waals surface area contributed by atoms with Gasteiger partial charge in [-0.1, -0.05) is 42.7 Å². The second-order valence-corrected chi connectivity index (χ2v) is 13.5. The number of benzene rings is 1. The topological polar surface area (TPSA) is 47.9 Å². The quantitative estimate of drug-likeness (QED) is 0.462. The number of hydrogen-bond donors (Lipinski definition) is 1. The summed E-state index contributed by atoms with van der Waals surface area (Å²) < 4.78 is 18.0. The van der Waals surface area contributed by atoms with Crippen molar-refractivity contribution in [2.75, 3.05) is 6.61 Å². The highest BCUT2D eigenvalue weighted by Crippen LogP contribution is 2.31. The lowest BCUT2D eigenvalue weighted by Crippen LogP contribution is -2.47. The molecule has 0 unspecified atom stereocenters. The van der Waals surface area contributed by atoms with Gasteiger partial charge in [0.15, 0.2) is 0 Å². The molecule has 2 atom stereocenters. The predicted molar refractivity (Wildman–Crippen MR) is 120 cm³/mol. The Balaban J connectivity index is 2.02. The molecule has 0 spiro atoms. The Bertz CT molecular complexity index is 651. The third-order valence-corrected chi connectivity index (χ3v) is 8.26. The predicted octanol–water partition coefficient (Wildman–Crippen LogP) is 5.26. The Morgan fingerprint density at radius 1 is 1.10 bits per heavy atom. The maximum atomic E-state index is 10.9. The Hall–Kier alpha value is -1.32. The van der Waals surface area contributed by atoms with Crippen molar-refractivity contribution in [1.29, 1.82) is 0 Å². The molecule has 1 aliphatic carbocycles. The molecule has 1 aromatic rings. The maximum absolute atomic E-state index is 10.9. The average Bonchev–Trinajstić information content (AvgIpc) is 2.64. The summed E-state index contributed by atoms with van der Waals surface area (Å²) in [7, 11) is -2.33. The van der Waals surface area contributed by atoms with E-state index in [1.54, 1.807) is 0 Å². The number of aliphatic hydroxyl groups is 1. The van der Waals surface area contributed by atoms with Crippen LogP contribution in [0.5, 0.6) is 0 Å². The first-order valence-corrected chi connectivity index (χ1v) is 13.8. The van der Waals surface area contributed by atoms with Crippen molar-refractivity contribution < 1.29 is 19.0 Å². The van der Waals surface area contributed by atoms with Gasteiger partial charge in [-0.2, -0.15) is 0 Å². The van der Waals surface area contributed by atoms with E-state index in [1.165, 1.54) is 19.3 Å². The highest BCUT2D eigenvalue weighted by atomic mass is 28.4. The van der Waals surface area contributed by atoms with Crippen LogP contribution in [0.1, 0.15) is 58.4 Å². The summed E-state index contributed by atoms with van der Waals surface area (Å²) in [5.41, 5.74) is 0.510. The molecule has 1 N–H and O–H groups in total. The molecule has 162 valence electrons. The van der Waals surface area contributed by atoms with Crippen LogP contribution in [0.15, 0.2) is 30.3 Å². The van der Waals surface area contributed by atoms with Crippen molar-refractivity contribution in [2.45, 2.75) is 95.9 Å². The van der Waals surface area contributed by atoms with Crippen LogP contribution in [-0.4, -0.2) is 37.8 Å². The minimum Gasteiger partial charge on any atom is -0.443 e. The lowest BCUT2D eigenvalue weighted by Gasteiger charge is -2.37. The molecule has 1 fully saturated rings. The van der Waals surface area contributed by atoms with Crippen LogP contribution in [0.2, 0.25) is 18.6 Å². The first kappa shape index (κ1) is 24.0. The highest BCUT2D eigenvalue weighted by Gasteiger charge is 2.41. The van der Waals surface area contributed by atoms with Gasteiger partial charge < -0.3 is 19.0 Å². The number of ether oxygens (including phenoxy) is 2. The lowest BCUT2D eigenvalue weighted by atomic mass is 9.98. The van der Waals surface area contributed by atoms with Crippen molar-refractivity contribution in [1.82, 2.24) is 0 Å². The van der Waals surface area contributed by atoms with E-state index in [4.69, 9.17) is 13.9 Å². The van der Waals surface area contributed by atoms with Crippen LogP contribution < -0.4 is 0 Å². The SMILES string of the molecule is CC(C)(C)O[Si](C)(C)[C@@H](C#COC1CCCCC1)[C@@H](O)COCc1ccccc1. The summed E-state index contributed by atoms with van der Waals surface area (Å²) in [6, 6.07) is 9.98. The maximum Gasteiger partial charge on any atom is 0.205 e. The molecule has 0 aromatic heterocycles. The van der Waals surface area contributed by atoms with Gasteiger partial charge in [0.25, 0.3) is 0 Å². The first-order chi connectivity index (χ1) is 13.7. The van der Waals surface area contributed by atoms with Gasteiger partial charge in [-0.3, -0.25) is 0 Å². The van der Waals surface area contributed by atoms with E-state index < -0.39 is 14.4 Å². The monoisotopic (exact) mass is 418 g/mol. The molecule has 0 aliphatic heterocycles. The van der Waals surface area contributed by atoms with Gasteiger partial charge in [-0.15, -0.1) is 0 Å². The summed E-state index contributed by atoms with van der Waals surface area (Å²) in [5.74, 6) is 3.21. The van der Waals surface area contributed by atoms with E-state index in [1.807, 2.05) is 51.1 Å². The van der Waals surface area contributed by atoms with E-state index in [9.17, 15) is 5.11 Å². The molecular formula is C24H38O4Si. The Kier molecular flexibility index (Phi) is 9.23. The molecule has 4 nitrogen and oxygen atoms in total. The summed E-state index contributed by atoms with van der Waals surface area (Å²) in [6.07, 6.45) is 8.27. The van der Waals surface area contributed by atoms with E-state index in [-0.39, 0.29) is 23.9 Å². The Labute approximate surface area is 178 Å². The van der Waals surface area contributed by atoms with E-state index in [0.717, 1.165) is 18.4 Å². The number of aliphatic hydroxyl groups excluding tert-OH is 1. The van der Waals surface area contributed by atoms with Gasteiger partial charge in [0.1, 0.15) is 12.2 Å². The van der Waals surface area contributed by atoms with Gasteiger partial charge in [0.05, 0.1) is 24.9 Å². The standard InChI is InChI=1S/C24H38O4Si/c1-24(2,3)28-29(4,5)23(16-17-27-21-14-10-7-11-15-21)22(25)19-26-18-20-12-8-6-9-13-20/h6,8-9,12-13,21-23,25H,7,10-11,14-15,18-19H2,1-5H3/t22-,23-/m0/s1.